The first-order valence-electron chi connectivity index (χ1n) is 13.7. The van der Waals surface area contributed by atoms with Crippen molar-refractivity contribution in [1.29, 1.82) is 0 Å². The van der Waals surface area contributed by atoms with Crippen molar-refractivity contribution >= 4 is 34.4 Å². The molecule has 0 aromatic heterocycles. The molecule has 4 rings (SSSR count). The van der Waals surface area contributed by atoms with Gasteiger partial charge in [0, 0.05) is 31.2 Å². The van der Waals surface area contributed by atoms with Crippen LogP contribution in [0.4, 0.5) is 0 Å². The summed E-state index contributed by atoms with van der Waals surface area (Å²) in [6.07, 6.45) is 5.17. The third-order valence-electron chi connectivity index (χ3n) is 7.80. The molecule has 4 N–H and O–H groups in total. The van der Waals surface area contributed by atoms with Crippen LogP contribution in [0.1, 0.15) is 50.5 Å². The van der Waals surface area contributed by atoms with Crippen molar-refractivity contribution in [2.75, 3.05) is 33.5 Å². The molecule has 39 heavy (non-hydrogen) atoms. The van der Waals surface area contributed by atoms with Crippen molar-refractivity contribution in [3.8, 4) is 11.5 Å². The van der Waals surface area contributed by atoms with Gasteiger partial charge in [0.15, 0.2) is 11.5 Å². The second-order valence-electron chi connectivity index (χ2n) is 10.4. The molecular weight excluding hydrogens is 619 g/mol. The van der Waals surface area contributed by atoms with Crippen LogP contribution in [0.2, 0.25) is 0 Å². The molecule has 0 radical (unpaired) electrons. The number of carbonyl (C=O) groups excluding carboxylic acids is 2. The Balaban J connectivity index is 1.71. The quantitative estimate of drug-likeness (QED) is 0.280. The van der Waals surface area contributed by atoms with E-state index in [4.69, 9.17) is 14.2 Å². The van der Waals surface area contributed by atoms with E-state index in [9.17, 15) is 24.9 Å². The lowest BCUT2D eigenvalue weighted by molar-refractivity contribution is -0.147. The van der Waals surface area contributed by atoms with Crippen LogP contribution < -0.4 is 14.8 Å². The lowest BCUT2D eigenvalue weighted by atomic mass is 9.84. The molecule has 1 aromatic carbocycles. The smallest absolute Gasteiger partial charge is 0.247 e. The Hall–Kier alpha value is -1.93. The average Bonchev–Trinajstić information content (AvgIpc) is 3.50. The highest BCUT2D eigenvalue weighted by molar-refractivity contribution is 14.1. The van der Waals surface area contributed by atoms with Gasteiger partial charge in [0.25, 0.3) is 0 Å². The Kier molecular flexibility index (Phi) is 10.9. The van der Waals surface area contributed by atoms with Crippen LogP contribution in [0.5, 0.6) is 11.5 Å². The molecule has 1 saturated carbocycles. The lowest BCUT2D eigenvalue weighted by Crippen LogP contribution is -2.59. The number of nitrogens with one attached hydrogen (secondary N) is 1. The molecule has 1 aromatic rings. The fourth-order valence-electron chi connectivity index (χ4n) is 5.78. The van der Waals surface area contributed by atoms with Crippen molar-refractivity contribution in [2.24, 2.45) is 5.92 Å². The van der Waals surface area contributed by atoms with Crippen molar-refractivity contribution in [2.45, 2.75) is 75.8 Å². The molecule has 2 fully saturated rings. The van der Waals surface area contributed by atoms with Gasteiger partial charge in [-0.1, -0.05) is 19.3 Å². The maximum absolute atomic E-state index is 13.9. The van der Waals surface area contributed by atoms with Gasteiger partial charge in [-0.3, -0.25) is 9.59 Å². The Bertz CT molecular complexity index is 1040. The molecular formula is C28H39IN2O8. The van der Waals surface area contributed by atoms with Gasteiger partial charge in [-0.15, -0.1) is 0 Å². The number of aliphatic hydroxyl groups excluding tert-OH is 3. The number of hydrogen-bond donors (Lipinski definition) is 4. The van der Waals surface area contributed by atoms with Gasteiger partial charge in [-0.25, -0.2) is 0 Å². The van der Waals surface area contributed by atoms with Crippen LogP contribution in [0, 0.1) is 9.49 Å². The van der Waals surface area contributed by atoms with Crippen LogP contribution in [0.3, 0.4) is 0 Å². The number of rotatable bonds is 10. The molecule has 0 spiro atoms. The lowest BCUT2D eigenvalue weighted by Gasteiger charge is -2.46. The van der Waals surface area contributed by atoms with Gasteiger partial charge in [-0.05, 0) is 65.6 Å². The minimum atomic E-state index is -1.11. The first-order chi connectivity index (χ1) is 18.9. The first-order valence-corrected chi connectivity index (χ1v) is 14.8. The standard InChI is InChI=1S/C28H39IN2O8/c1-37-24-12-17(15-33)11-21(29)26(24)39-23-14-19(27(35)30-8-9-32)13-22(25(23)34)31(20-5-3-2-4-6-20)28(36)18-7-10-38-16-18/h11-12,14,18,20,22-23,25,32-34H,2-10,13,15-16H2,1H3,(H,30,35). The molecule has 4 unspecified atom stereocenters. The number of ether oxygens (including phenoxy) is 3. The number of nitrogens with zero attached hydrogens (tertiary/aromatic N) is 1. The van der Waals surface area contributed by atoms with E-state index in [0.717, 1.165) is 32.1 Å². The largest absolute Gasteiger partial charge is 0.493 e. The second-order valence-corrected chi connectivity index (χ2v) is 11.5. The third-order valence-corrected chi connectivity index (χ3v) is 8.60. The summed E-state index contributed by atoms with van der Waals surface area (Å²) < 4.78 is 18.1. The van der Waals surface area contributed by atoms with Gasteiger partial charge in [0.2, 0.25) is 11.8 Å². The van der Waals surface area contributed by atoms with Crippen molar-refractivity contribution in [3.63, 3.8) is 0 Å². The highest BCUT2D eigenvalue weighted by atomic mass is 127. The van der Waals surface area contributed by atoms with Crippen LogP contribution in [-0.4, -0.2) is 89.8 Å². The second kappa shape index (κ2) is 14.1. The summed E-state index contributed by atoms with van der Waals surface area (Å²) in [5, 5.41) is 33.3. The summed E-state index contributed by atoms with van der Waals surface area (Å²) in [6, 6.07) is 2.72. The number of amides is 2. The van der Waals surface area contributed by atoms with Crippen LogP contribution in [-0.2, 0) is 20.9 Å². The van der Waals surface area contributed by atoms with E-state index in [2.05, 4.69) is 27.9 Å². The third kappa shape index (κ3) is 7.05. The molecule has 0 bridgehead atoms. The van der Waals surface area contributed by atoms with E-state index in [1.165, 1.54) is 7.11 Å². The topological polar surface area (TPSA) is 138 Å². The number of hydrogen-bond acceptors (Lipinski definition) is 8. The fraction of sp³-hybridized carbons (Fsp3) is 0.643. The van der Waals surface area contributed by atoms with E-state index in [0.29, 0.717) is 45.8 Å². The Morgan fingerprint density at radius 1 is 1.18 bits per heavy atom. The monoisotopic (exact) mass is 658 g/mol. The maximum atomic E-state index is 13.9. The summed E-state index contributed by atoms with van der Waals surface area (Å²) in [7, 11) is 1.50. The molecule has 2 amide bonds. The molecule has 1 heterocycles. The number of methoxy groups -OCH3 is 1. The molecule has 4 atom stereocenters. The SMILES string of the molecule is COc1cc(CO)cc(I)c1OC1C=C(C(=O)NCCO)CC(N(C(=O)C2CCOC2)C2CCCCC2)C1O. The van der Waals surface area contributed by atoms with E-state index in [1.54, 1.807) is 18.2 Å². The minimum Gasteiger partial charge on any atom is -0.493 e. The average molecular weight is 659 g/mol. The van der Waals surface area contributed by atoms with E-state index < -0.39 is 18.2 Å². The molecule has 11 heteroatoms. The summed E-state index contributed by atoms with van der Waals surface area (Å²) in [6.45, 7) is 0.612. The Morgan fingerprint density at radius 3 is 2.59 bits per heavy atom. The van der Waals surface area contributed by atoms with Crippen LogP contribution >= 0.6 is 22.6 Å². The van der Waals surface area contributed by atoms with Crippen LogP contribution in [0.25, 0.3) is 0 Å². The van der Waals surface area contributed by atoms with Crippen LogP contribution in [0.15, 0.2) is 23.8 Å². The van der Waals surface area contributed by atoms with Crippen molar-refractivity contribution in [3.05, 3.63) is 32.9 Å². The fourth-order valence-corrected chi connectivity index (χ4v) is 6.57. The zero-order valence-corrected chi connectivity index (χ0v) is 24.5. The molecule has 1 aliphatic heterocycles. The molecule has 3 aliphatic rings. The first kappa shape index (κ1) is 30.0. The van der Waals surface area contributed by atoms with E-state index in [-0.39, 0.29) is 50.0 Å². The highest BCUT2D eigenvalue weighted by Crippen LogP contribution is 2.38. The molecule has 1 saturated heterocycles. The normalized spacial score (nSPS) is 25.6. The van der Waals surface area contributed by atoms with Gasteiger partial charge in [0.1, 0.15) is 12.2 Å². The van der Waals surface area contributed by atoms with E-state index >= 15 is 0 Å². The molecule has 216 valence electrons. The Morgan fingerprint density at radius 2 is 1.95 bits per heavy atom. The highest BCUT2D eigenvalue weighted by Gasteiger charge is 2.45. The van der Waals surface area contributed by atoms with Gasteiger partial charge in [0.05, 0.1) is 42.5 Å². The number of benzene rings is 1. The van der Waals surface area contributed by atoms with Crippen molar-refractivity contribution < 1.29 is 39.1 Å². The summed E-state index contributed by atoms with van der Waals surface area (Å²) in [5.41, 5.74) is 1.04. The zero-order chi connectivity index (χ0) is 27.9. The summed E-state index contributed by atoms with van der Waals surface area (Å²) >= 11 is 2.08. The number of carbonyl (C=O) groups is 2. The zero-order valence-electron chi connectivity index (χ0n) is 22.3. The number of halogens is 1. The van der Waals surface area contributed by atoms with Gasteiger partial charge < -0.3 is 39.7 Å². The predicted octanol–water partition coefficient (Wildman–Crippen LogP) is 1.91. The van der Waals surface area contributed by atoms with Gasteiger partial charge >= 0.3 is 0 Å². The maximum Gasteiger partial charge on any atom is 0.247 e. The number of aliphatic hydroxyl groups is 3. The molecule has 2 aliphatic carbocycles. The van der Waals surface area contributed by atoms with Crippen molar-refractivity contribution in [1.82, 2.24) is 10.2 Å². The van der Waals surface area contributed by atoms with E-state index in [1.807, 2.05) is 4.90 Å². The van der Waals surface area contributed by atoms with Gasteiger partial charge in [-0.2, -0.15) is 0 Å². The summed E-state index contributed by atoms with van der Waals surface area (Å²) in [4.78, 5) is 28.9. The minimum absolute atomic E-state index is 0.0366. The predicted molar refractivity (Wildman–Crippen MR) is 151 cm³/mol. The Labute approximate surface area is 242 Å². The summed E-state index contributed by atoms with van der Waals surface area (Å²) in [5.74, 6) is 0.0864. The molecule has 10 nitrogen and oxygen atoms in total.